The highest BCUT2D eigenvalue weighted by Crippen LogP contribution is 2.28. The summed E-state index contributed by atoms with van der Waals surface area (Å²) >= 11 is 0. The molecule has 1 fully saturated rings. The monoisotopic (exact) mass is 315 g/mol. The highest BCUT2D eigenvalue weighted by atomic mass is 16.4. The van der Waals surface area contributed by atoms with Crippen LogP contribution < -0.4 is 0 Å². The van der Waals surface area contributed by atoms with Crippen molar-refractivity contribution in [3.63, 3.8) is 0 Å². The normalized spacial score (nSPS) is 17.0. The van der Waals surface area contributed by atoms with E-state index in [1.54, 1.807) is 6.07 Å². The SMILES string of the molecule is O=C(c1occc1-c1ccccc1)N1CCC(O)(C(=O)O)CC1. The van der Waals surface area contributed by atoms with Gasteiger partial charge < -0.3 is 19.5 Å². The van der Waals surface area contributed by atoms with Crippen LogP contribution in [0.1, 0.15) is 23.4 Å². The Hall–Kier alpha value is -2.60. The second-order valence-electron chi connectivity index (χ2n) is 5.66. The number of carbonyl (C=O) groups is 2. The average molecular weight is 315 g/mol. The van der Waals surface area contributed by atoms with Crippen LogP contribution in [0.3, 0.4) is 0 Å². The van der Waals surface area contributed by atoms with Crippen LogP contribution in [-0.2, 0) is 4.79 Å². The van der Waals surface area contributed by atoms with E-state index in [0.717, 1.165) is 5.56 Å². The summed E-state index contributed by atoms with van der Waals surface area (Å²) in [7, 11) is 0. The molecule has 120 valence electrons. The van der Waals surface area contributed by atoms with Gasteiger partial charge in [-0.05, 0) is 11.6 Å². The molecule has 0 aliphatic carbocycles. The summed E-state index contributed by atoms with van der Waals surface area (Å²) in [5, 5.41) is 19.0. The predicted octanol–water partition coefficient (Wildman–Crippen LogP) is 2.00. The second kappa shape index (κ2) is 5.89. The second-order valence-corrected chi connectivity index (χ2v) is 5.66. The fourth-order valence-electron chi connectivity index (χ4n) is 2.76. The number of carboxylic acid groups (broad SMARTS) is 1. The van der Waals surface area contributed by atoms with E-state index in [4.69, 9.17) is 9.52 Å². The minimum Gasteiger partial charge on any atom is -0.479 e. The third-order valence-corrected chi connectivity index (χ3v) is 4.22. The smallest absolute Gasteiger partial charge is 0.335 e. The molecule has 1 amide bonds. The van der Waals surface area contributed by atoms with Crippen molar-refractivity contribution in [3.05, 3.63) is 48.4 Å². The Kier molecular flexibility index (Phi) is 3.92. The molecule has 0 radical (unpaired) electrons. The molecule has 0 unspecified atom stereocenters. The first kappa shape index (κ1) is 15.3. The largest absolute Gasteiger partial charge is 0.479 e. The van der Waals surface area contributed by atoms with Crippen molar-refractivity contribution in [3.8, 4) is 11.1 Å². The first-order chi connectivity index (χ1) is 11.0. The van der Waals surface area contributed by atoms with Gasteiger partial charge in [-0.15, -0.1) is 0 Å². The van der Waals surface area contributed by atoms with E-state index < -0.39 is 11.6 Å². The molecule has 2 aromatic rings. The van der Waals surface area contributed by atoms with Crippen LogP contribution in [0.4, 0.5) is 0 Å². The van der Waals surface area contributed by atoms with Crippen LogP contribution in [-0.4, -0.2) is 45.7 Å². The fraction of sp³-hybridized carbons (Fsp3) is 0.294. The lowest BCUT2D eigenvalue weighted by Gasteiger charge is -2.35. The summed E-state index contributed by atoms with van der Waals surface area (Å²) < 4.78 is 5.36. The molecule has 6 heteroatoms. The third kappa shape index (κ3) is 2.85. The summed E-state index contributed by atoms with van der Waals surface area (Å²) in [6.45, 7) is 0.354. The Morgan fingerprint density at radius 3 is 2.35 bits per heavy atom. The molecule has 0 saturated carbocycles. The topological polar surface area (TPSA) is 91.0 Å². The van der Waals surface area contributed by atoms with E-state index in [1.165, 1.54) is 11.2 Å². The molecule has 2 heterocycles. The van der Waals surface area contributed by atoms with Gasteiger partial charge in [0.1, 0.15) is 0 Å². The van der Waals surface area contributed by atoms with E-state index in [9.17, 15) is 14.7 Å². The van der Waals surface area contributed by atoms with Crippen molar-refractivity contribution in [1.82, 2.24) is 4.90 Å². The fourth-order valence-corrected chi connectivity index (χ4v) is 2.76. The number of hydrogen-bond acceptors (Lipinski definition) is 4. The molecular weight excluding hydrogens is 298 g/mol. The molecule has 23 heavy (non-hydrogen) atoms. The number of likely N-dealkylation sites (tertiary alicyclic amines) is 1. The number of piperidine rings is 1. The van der Waals surface area contributed by atoms with Gasteiger partial charge >= 0.3 is 5.97 Å². The van der Waals surface area contributed by atoms with E-state index in [2.05, 4.69) is 0 Å². The van der Waals surface area contributed by atoms with Crippen molar-refractivity contribution >= 4 is 11.9 Å². The number of amides is 1. The molecule has 6 nitrogen and oxygen atoms in total. The van der Waals surface area contributed by atoms with Gasteiger partial charge in [0.15, 0.2) is 11.4 Å². The maximum absolute atomic E-state index is 12.6. The number of furan rings is 1. The molecule has 1 aliphatic rings. The first-order valence-corrected chi connectivity index (χ1v) is 7.39. The molecule has 1 aromatic heterocycles. The zero-order valence-electron chi connectivity index (χ0n) is 12.4. The number of aliphatic carboxylic acids is 1. The molecule has 1 aromatic carbocycles. The number of carboxylic acids is 1. The van der Waals surface area contributed by atoms with Crippen LogP contribution in [0.15, 0.2) is 47.1 Å². The molecule has 0 bridgehead atoms. The van der Waals surface area contributed by atoms with Gasteiger partial charge in [0.05, 0.1) is 6.26 Å². The summed E-state index contributed by atoms with van der Waals surface area (Å²) in [6.07, 6.45) is 1.48. The lowest BCUT2D eigenvalue weighted by molar-refractivity contribution is -0.162. The number of hydrogen-bond donors (Lipinski definition) is 2. The van der Waals surface area contributed by atoms with Gasteiger partial charge in [0.25, 0.3) is 5.91 Å². The zero-order chi connectivity index (χ0) is 16.4. The van der Waals surface area contributed by atoms with Gasteiger partial charge in [-0.2, -0.15) is 0 Å². The predicted molar refractivity (Wildman–Crippen MR) is 81.9 cm³/mol. The Morgan fingerprint density at radius 2 is 1.74 bits per heavy atom. The first-order valence-electron chi connectivity index (χ1n) is 7.39. The van der Waals surface area contributed by atoms with Crippen LogP contribution in [0.5, 0.6) is 0 Å². The number of benzene rings is 1. The number of aliphatic hydroxyl groups is 1. The van der Waals surface area contributed by atoms with Crippen LogP contribution in [0.2, 0.25) is 0 Å². The van der Waals surface area contributed by atoms with E-state index in [0.29, 0.717) is 5.56 Å². The quantitative estimate of drug-likeness (QED) is 0.904. The number of nitrogens with zero attached hydrogens (tertiary/aromatic N) is 1. The van der Waals surface area contributed by atoms with E-state index >= 15 is 0 Å². The Morgan fingerprint density at radius 1 is 1.09 bits per heavy atom. The highest BCUT2D eigenvalue weighted by molar-refractivity contribution is 5.98. The van der Waals surface area contributed by atoms with Crippen molar-refractivity contribution < 1.29 is 24.2 Å². The highest BCUT2D eigenvalue weighted by Gasteiger charge is 2.41. The summed E-state index contributed by atoms with van der Waals surface area (Å²) in [5.74, 6) is -1.30. The zero-order valence-corrected chi connectivity index (χ0v) is 12.4. The van der Waals surface area contributed by atoms with Crippen LogP contribution in [0, 0.1) is 0 Å². The average Bonchev–Trinajstić information content (AvgIpc) is 3.05. The van der Waals surface area contributed by atoms with Gasteiger partial charge in [0, 0.05) is 31.5 Å². The lowest BCUT2D eigenvalue weighted by Crippen LogP contribution is -2.50. The minimum atomic E-state index is -1.75. The number of rotatable bonds is 3. The summed E-state index contributed by atoms with van der Waals surface area (Å²) in [5.41, 5.74) is -0.166. The van der Waals surface area contributed by atoms with E-state index in [-0.39, 0.29) is 37.6 Å². The maximum Gasteiger partial charge on any atom is 0.335 e. The van der Waals surface area contributed by atoms with Gasteiger partial charge in [-0.3, -0.25) is 4.79 Å². The Bertz CT molecular complexity index is 714. The Balaban J connectivity index is 1.78. The standard InChI is InChI=1S/C17H17NO5/c19-15(18-9-7-17(22,8-10-18)16(20)21)14-13(6-11-23-14)12-4-2-1-3-5-12/h1-6,11,22H,7-10H2,(H,20,21). The summed E-state index contributed by atoms with van der Waals surface area (Å²) in [4.78, 5) is 25.2. The molecule has 2 N–H and O–H groups in total. The van der Waals surface area contributed by atoms with Crippen LogP contribution in [0.25, 0.3) is 11.1 Å². The van der Waals surface area contributed by atoms with Gasteiger partial charge in [-0.1, -0.05) is 30.3 Å². The van der Waals surface area contributed by atoms with Crippen molar-refractivity contribution in [1.29, 1.82) is 0 Å². The van der Waals surface area contributed by atoms with Crippen molar-refractivity contribution in [2.45, 2.75) is 18.4 Å². The molecule has 3 rings (SSSR count). The van der Waals surface area contributed by atoms with Gasteiger partial charge in [0.2, 0.25) is 0 Å². The maximum atomic E-state index is 12.6. The third-order valence-electron chi connectivity index (χ3n) is 4.22. The molecule has 0 atom stereocenters. The van der Waals surface area contributed by atoms with E-state index in [1.807, 2.05) is 30.3 Å². The Labute approximate surface area is 133 Å². The minimum absolute atomic E-state index is 0.00938. The lowest BCUT2D eigenvalue weighted by atomic mass is 9.91. The summed E-state index contributed by atoms with van der Waals surface area (Å²) in [6, 6.07) is 11.2. The van der Waals surface area contributed by atoms with Crippen LogP contribution >= 0.6 is 0 Å². The molecule has 0 spiro atoms. The van der Waals surface area contributed by atoms with Crippen molar-refractivity contribution in [2.24, 2.45) is 0 Å². The molecule has 1 aliphatic heterocycles. The number of carbonyl (C=O) groups excluding carboxylic acids is 1. The molecular formula is C17H17NO5. The van der Waals surface area contributed by atoms with Crippen molar-refractivity contribution in [2.75, 3.05) is 13.1 Å². The molecule has 1 saturated heterocycles. The van der Waals surface area contributed by atoms with Gasteiger partial charge in [-0.25, -0.2) is 4.79 Å².